The van der Waals surface area contributed by atoms with Gasteiger partial charge in [-0.15, -0.1) is 0 Å². The van der Waals surface area contributed by atoms with Gasteiger partial charge in [0.05, 0.1) is 0 Å². The number of halogens is 1. The highest BCUT2D eigenvalue weighted by atomic mass is 35.5. The SMILES string of the molecule is CN(Cc1ccc(Cl)cc1)CC(C)(N)C1CC1. The molecule has 1 aromatic carbocycles. The average molecular weight is 253 g/mol. The molecule has 2 N–H and O–H groups in total. The van der Waals surface area contributed by atoms with Gasteiger partial charge in [-0.1, -0.05) is 23.7 Å². The van der Waals surface area contributed by atoms with Gasteiger partial charge >= 0.3 is 0 Å². The molecule has 0 heterocycles. The topological polar surface area (TPSA) is 29.3 Å². The summed E-state index contributed by atoms with van der Waals surface area (Å²) < 4.78 is 0. The summed E-state index contributed by atoms with van der Waals surface area (Å²) in [7, 11) is 2.13. The van der Waals surface area contributed by atoms with Crippen LogP contribution in [0.15, 0.2) is 24.3 Å². The summed E-state index contributed by atoms with van der Waals surface area (Å²) >= 11 is 5.87. The zero-order valence-corrected chi connectivity index (χ0v) is 11.4. The molecule has 0 aliphatic heterocycles. The van der Waals surface area contributed by atoms with Crippen LogP contribution in [0, 0.1) is 5.92 Å². The van der Waals surface area contributed by atoms with Crippen molar-refractivity contribution in [1.29, 1.82) is 0 Å². The van der Waals surface area contributed by atoms with E-state index in [2.05, 4.69) is 31.0 Å². The molecule has 0 radical (unpaired) electrons. The Labute approximate surface area is 109 Å². The maximum absolute atomic E-state index is 6.34. The summed E-state index contributed by atoms with van der Waals surface area (Å²) in [6, 6.07) is 8.02. The lowest BCUT2D eigenvalue weighted by Crippen LogP contribution is -2.48. The van der Waals surface area contributed by atoms with Crippen LogP contribution >= 0.6 is 11.6 Å². The van der Waals surface area contributed by atoms with E-state index in [-0.39, 0.29) is 5.54 Å². The van der Waals surface area contributed by atoms with E-state index in [9.17, 15) is 0 Å². The first-order valence-electron chi connectivity index (χ1n) is 6.19. The third-order valence-electron chi connectivity index (χ3n) is 3.49. The highest BCUT2D eigenvalue weighted by molar-refractivity contribution is 6.30. The Morgan fingerprint density at radius 3 is 2.47 bits per heavy atom. The highest BCUT2D eigenvalue weighted by Crippen LogP contribution is 2.38. The van der Waals surface area contributed by atoms with E-state index in [4.69, 9.17) is 17.3 Å². The molecule has 1 aliphatic rings. The largest absolute Gasteiger partial charge is 0.324 e. The molecule has 17 heavy (non-hydrogen) atoms. The number of hydrogen-bond acceptors (Lipinski definition) is 2. The molecular weight excluding hydrogens is 232 g/mol. The second-order valence-electron chi connectivity index (χ2n) is 5.58. The van der Waals surface area contributed by atoms with Crippen molar-refractivity contribution in [3.05, 3.63) is 34.9 Å². The smallest absolute Gasteiger partial charge is 0.0406 e. The molecule has 0 saturated heterocycles. The molecule has 0 bridgehead atoms. The Kier molecular flexibility index (Phi) is 3.76. The first-order chi connectivity index (χ1) is 7.97. The fraction of sp³-hybridized carbons (Fsp3) is 0.571. The molecular formula is C14H21ClN2. The molecule has 1 saturated carbocycles. The number of hydrogen-bond donors (Lipinski definition) is 1. The lowest BCUT2D eigenvalue weighted by atomic mass is 9.96. The van der Waals surface area contributed by atoms with E-state index in [1.54, 1.807) is 0 Å². The van der Waals surface area contributed by atoms with Crippen molar-refractivity contribution in [2.24, 2.45) is 11.7 Å². The van der Waals surface area contributed by atoms with Crippen LogP contribution in [-0.2, 0) is 6.54 Å². The van der Waals surface area contributed by atoms with Crippen LogP contribution in [0.3, 0.4) is 0 Å². The Balaban J connectivity index is 1.88. The molecule has 1 unspecified atom stereocenters. The Bertz CT molecular complexity index is 368. The lowest BCUT2D eigenvalue weighted by molar-refractivity contribution is 0.232. The van der Waals surface area contributed by atoms with Crippen LogP contribution < -0.4 is 5.73 Å². The normalized spacial score (nSPS) is 19.4. The highest BCUT2D eigenvalue weighted by Gasteiger charge is 2.38. The van der Waals surface area contributed by atoms with Gasteiger partial charge in [-0.3, -0.25) is 0 Å². The first kappa shape index (κ1) is 12.9. The summed E-state index contributed by atoms with van der Waals surface area (Å²) in [4.78, 5) is 2.29. The minimum absolute atomic E-state index is 0.0405. The second kappa shape index (κ2) is 4.97. The quantitative estimate of drug-likeness (QED) is 0.873. The van der Waals surface area contributed by atoms with Crippen LogP contribution in [-0.4, -0.2) is 24.0 Å². The van der Waals surface area contributed by atoms with Crippen molar-refractivity contribution >= 4 is 11.6 Å². The van der Waals surface area contributed by atoms with Crippen molar-refractivity contribution < 1.29 is 0 Å². The number of rotatable bonds is 5. The second-order valence-corrected chi connectivity index (χ2v) is 6.02. The van der Waals surface area contributed by atoms with Gasteiger partial charge in [0.2, 0.25) is 0 Å². The Morgan fingerprint density at radius 1 is 1.35 bits per heavy atom. The van der Waals surface area contributed by atoms with Gasteiger partial charge < -0.3 is 10.6 Å². The molecule has 1 aromatic rings. The summed E-state index contributed by atoms with van der Waals surface area (Å²) in [5.41, 5.74) is 7.58. The Morgan fingerprint density at radius 2 is 1.94 bits per heavy atom. The van der Waals surface area contributed by atoms with E-state index >= 15 is 0 Å². The molecule has 0 amide bonds. The molecule has 1 fully saturated rings. The van der Waals surface area contributed by atoms with Gasteiger partial charge in [-0.2, -0.15) is 0 Å². The third kappa shape index (κ3) is 3.70. The van der Waals surface area contributed by atoms with Gasteiger partial charge in [-0.05, 0) is 50.4 Å². The minimum Gasteiger partial charge on any atom is -0.324 e. The van der Waals surface area contributed by atoms with Crippen LogP contribution in [0.5, 0.6) is 0 Å². The zero-order chi connectivity index (χ0) is 12.5. The van der Waals surface area contributed by atoms with Crippen LogP contribution in [0.1, 0.15) is 25.3 Å². The Hall–Kier alpha value is -0.570. The molecule has 1 atom stereocenters. The number of benzene rings is 1. The fourth-order valence-corrected chi connectivity index (χ4v) is 2.54. The predicted molar refractivity (Wildman–Crippen MR) is 73.1 cm³/mol. The van der Waals surface area contributed by atoms with Gasteiger partial charge in [0.1, 0.15) is 0 Å². The lowest BCUT2D eigenvalue weighted by Gasteiger charge is -2.30. The monoisotopic (exact) mass is 252 g/mol. The molecule has 0 aromatic heterocycles. The summed E-state index contributed by atoms with van der Waals surface area (Å²) in [6.07, 6.45) is 2.59. The van der Waals surface area contributed by atoms with Crippen LogP contribution in [0.25, 0.3) is 0 Å². The van der Waals surface area contributed by atoms with Crippen molar-refractivity contribution in [3.8, 4) is 0 Å². The molecule has 3 heteroatoms. The number of nitrogens with two attached hydrogens (primary N) is 1. The van der Waals surface area contributed by atoms with Gasteiger partial charge in [0, 0.05) is 23.7 Å². The average Bonchev–Trinajstić information content (AvgIpc) is 3.04. The summed E-state index contributed by atoms with van der Waals surface area (Å²) in [5.74, 6) is 0.718. The van der Waals surface area contributed by atoms with Crippen molar-refractivity contribution in [2.75, 3.05) is 13.6 Å². The summed E-state index contributed by atoms with van der Waals surface area (Å²) in [6.45, 7) is 4.04. The molecule has 0 spiro atoms. The third-order valence-corrected chi connectivity index (χ3v) is 3.74. The molecule has 2 rings (SSSR count). The minimum atomic E-state index is -0.0405. The van der Waals surface area contributed by atoms with Gasteiger partial charge in [0.25, 0.3) is 0 Å². The van der Waals surface area contributed by atoms with Crippen molar-refractivity contribution in [1.82, 2.24) is 4.90 Å². The molecule has 94 valence electrons. The van der Waals surface area contributed by atoms with Gasteiger partial charge in [0.15, 0.2) is 0 Å². The van der Waals surface area contributed by atoms with E-state index < -0.39 is 0 Å². The van der Waals surface area contributed by atoms with Crippen molar-refractivity contribution in [3.63, 3.8) is 0 Å². The van der Waals surface area contributed by atoms with E-state index in [1.807, 2.05) is 12.1 Å². The molecule has 1 aliphatic carbocycles. The predicted octanol–water partition coefficient (Wildman–Crippen LogP) is 2.90. The first-order valence-corrected chi connectivity index (χ1v) is 6.57. The van der Waals surface area contributed by atoms with Crippen LogP contribution in [0.4, 0.5) is 0 Å². The van der Waals surface area contributed by atoms with Gasteiger partial charge in [-0.25, -0.2) is 0 Å². The van der Waals surface area contributed by atoms with E-state index in [1.165, 1.54) is 18.4 Å². The number of nitrogens with zero attached hydrogens (tertiary/aromatic N) is 1. The van der Waals surface area contributed by atoms with E-state index in [0.29, 0.717) is 0 Å². The maximum Gasteiger partial charge on any atom is 0.0406 e. The van der Waals surface area contributed by atoms with Crippen molar-refractivity contribution in [2.45, 2.75) is 31.8 Å². The fourth-order valence-electron chi connectivity index (χ4n) is 2.41. The van der Waals surface area contributed by atoms with E-state index in [0.717, 1.165) is 24.0 Å². The number of likely N-dealkylation sites (N-methyl/N-ethyl adjacent to an activating group) is 1. The van der Waals surface area contributed by atoms with Crippen LogP contribution in [0.2, 0.25) is 5.02 Å². The maximum atomic E-state index is 6.34. The zero-order valence-electron chi connectivity index (χ0n) is 10.6. The molecule has 2 nitrogen and oxygen atoms in total. The standard InChI is InChI=1S/C14H21ClN2/c1-14(16,12-5-6-12)10-17(2)9-11-3-7-13(15)8-4-11/h3-4,7-8,12H,5-6,9-10,16H2,1-2H3. The summed E-state index contributed by atoms with van der Waals surface area (Å²) in [5, 5.41) is 0.790.